The number of carboxylic acids is 1. The molecule has 0 atom stereocenters. The molecule has 0 saturated carbocycles. The molecule has 0 saturated heterocycles. The highest BCUT2D eigenvalue weighted by atomic mass is 32.2. The van der Waals surface area contributed by atoms with E-state index in [0.717, 1.165) is 35.4 Å². The number of rotatable bonds is 7. The Morgan fingerprint density at radius 3 is 2.69 bits per heavy atom. The fourth-order valence-corrected chi connectivity index (χ4v) is 3.80. The lowest BCUT2D eigenvalue weighted by atomic mass is 10.2. The first-order chi connectivity index (χ1) is 12.3. The average Bonchev–Trinajstić information content (AvgIpc) is 2.95. The molecule has 0 bridgehead atoms. The van der Waals surface area contributed by atoms with Crippen LogP contribution in [-0.2, 0) is 5.75 Å². The molecule has 2 amide bonds. The van der Waals surface area contributed by atoms with Crippen molar-refractivity contribution in [3.05, 3.63) is 41.0 Å². The first kappa shape index (κ1) is 20.1. The van der Waals surface area contributed by atoms with Crippen LogP contribution in [0.5, 0.6) is 0 Å². The SMILES string of the molecule is CC(C)CNC(=O)Nc1snc(SCc2ccc(F)cc2F)c1C(=O)O. The number of aromatic nitrogens is 1. The fraction of sp³-hybridized carbons (Fsp3) is 0.312. The largest absolute Gasteiger partial charge is 0.477 e. The standard InChI is InChI=1S/C16H17F2N3O3S2/c1-8(2)6-19-16(24)20-13-12(15(22)23)14(21-26-13)25-7-9-3-4-10(17)5-11(9)18/h3-5,8H,6-7H2,1-2H3,(H,22,23)(H2,19,20,24). The Bertz CT molecular complexity index is 812. The molecule has 0 aliphatic heterocycles. The molecular weight excluding hydrogens is 384 g/mol. The zero-order valence-electron chi connectivity index (χ0n) is 14.0. The molecule has 1 aromatic carbocycles. The second kappa shape index (κ2) is 8.95. The minimum atomic E-state index is -1.25. The molecule has 1 heterocycles. The Morgan fingerprint density at radius 2 is 2.08 bits per heavy atom. The first-order valence-electron chi connectivity index (χ1n) is 7.62. The molecular formula is C16H17F2N3O3S2. The van der Waals surface area contributed by atoms with E-state index in [-0.39, 0.29) is 32.8 Å². The molecule has 2 aromatic rings. The van der Waals surface area contributed by atoms with Gasteiger partial charge in [-0.15, -0.1) is 0 Å². The normalized spacial score (nSPS) is 10.8. The monoisotopic (exact) mass is 401 g/mol. The van der Waals surface area contributed by atoms with E-state index in [1.165, 1.54) is 6.07 Å². The van der Waals surface area contributed by atoms with E-state index in [0.29, 0.717) is 6.54 Å². The Hall–Kier alpha value is -2.20. The number of amides is 2. The lowest BCUT2D eigenvalue weighted by Crippen LogP contribution is -2.31. The second-order valence-corrected chi connectivity index (χ2v) is 7.49. The summed E-state index contributed by atoms with van der Waals surface area (Å²) < 4.78 is 30.7. The van der Waals surface area contributed by atoms with Gasteiger partial charge in [-0.25, -0.2) is 18.4 Å². The molecule has 2 rings (SSSR count). The summed E-state index contributed by atoms with van der Waals surface area (Å²) in [6.45, 7) is 4.30. The molecule has 0 aliphatic carbocycles. The number of thioether (sulfide) groups is 1. The summed E-state index contributed by atoms with van der Waals surface area (Å²) in [5, 5.41) is 14.8. The van der Waals surface area contributed by atoms with Crippen molar-refractivity contribution >= 4 is 40.3 Å². The molecule has 0 fully saturated rings. The van der Waals surface area contributed by atoms with Crippen LogP contribution < -0.4 is 10.6 Å². The summed E-state index contributed by atoms with van der Waals surface area (Å²) >= 11 is 1.83. The first-order valence-corrected chi connectivity index (χ1v) is 9.38. The molecule has 0 unspecified atom stereocenters. The van der Waals surface area contributed by atoms with Crippen molar-refractivity contribution in [2.75, 3.05) is 11.9 Å². The minimum absolute atomic E-state index is 0.0785. The predicted octanol–water partition coefficient (Wildman–Crippen LogP) is 4.19. The van der Waals surface area contributed by atoms with Gasteiger partial charge in [-0.05, 0) is 29.1 Å². The number of anilines is 1. The van der Waals surface area contributed by atoms with Gasteiger partial charge in [0.2, 0.25) is 0 Å². The van der Waals surface area contributed by atoms with Gasteiger partial charge in [0.05, 0.1) is 0 Å². The highest BCUT2D eigenvalue weighted by molar-refractivity contribution is 7.98. The van der Waals surface area contributed by atoms with Gasteiger partial charge >= 0.3 is 12.0 Å². The van der Waals surface area contributed by atoms with Crippen LogP contribution >= 0.6 is 23.3 Å². The summed E-state index contributed by atoms with van der Waals surface area (Å²) in [7, 11) is 0. The van der Waals surface area contributed by atoms with E-state index in [2.05, 4.69) is 15.0 Å². The molecule has 26 heavy (non-hydrogen) atoms. The zero-order chi connectivity index (χ0) is 19.3. The number of benzene rings is 1. The summed E-state index contributed by atoms with van der Waals surface area (Å²) in [4.78, 5) is 23.4. The second-order valence-electron chi connectivity index (χ2n) is 5.75. The molecule has 6 nitrogen and oxygen atoms in total. The highest BCUT2D eigenvalue weighted by Crippen LogP contribution is 2.34. The van der Waals surface area contributed by atoms with Gasteiger partial charge in [-0.2, -0.15) is 4.37 Å². The molecule has 0 radical (unpaired) electrons. The molecule has 3 N–H and O–H groups in total. The van der Waals surface area contributed by atoms with Gasteiger partial charge in [-0.3, -0.25) is 5.32 Å². The number of halogens is 2. The average molecular weight is 401 g/mol. The van der Waals surface area contributed by atoms with Crippen LogP contribution in [-0.4, -0.2) is 28.0 Å². The van der Waals surface area contributed by atoms with E-state index in [9.17, 15) is 23.5 Å². The van der Waals surface area contributed by atoms with Gasteiger partial charge in [0.25, 0.3) is 0 Å². The minimum Gasteiger partial charge on any atom is -0.477 e. The fourth-order valence-electron chi connectivity index (χ4n) is 1.88. The molecule has 0 aliphatic rings. The van der Waals surface area contributed by atoms with Crippen molar-refractivity contribution in [2.45, 2.75) is 24.6 Å². The Morgan fingerprint density at radius 1 is 1.35 bits per heavy atom. The maximum absolute atomic E-state index is 13.7. The molecule has 0 spiro atoms. The smallest absolute Gasteiger partial charge is 0.341 e. The lowest BCUT2D eigenvalue weighted by molar-refractivity contribution is 0.0694. The third-order valence-electron chi connectivity index (χ3n) is 3.15. The number of carbonyl (C=O) groups is 2. The van der Waals surface area contributed by atoms with Gasteiger partial charge in [0.15, 0.2) is 0 Å². The van der Waals surface area contributed by atoms with Crippen LogP contribution in [0.25, 0.3) is 0 Å². The van der Waals surface area contributed by atoms with Crippen LogP contribution in [0, 0.1) is 17.6 Å². The quantitative estimate of drug-likeness (QED) is 0.605. The molecule has 10 heteroatoms. The zero-order valence-corrected chi connectivity index (χ0v) is 15.6. The maximum Gasteiger partial charge on any atom is 0.341 e. The number of nitrogens with zero attached hydrogens (tertiary/aromatic N) is 1. The summed E-state index contributed by atoms with van der Waals surface area (Å²) in [6, 6.07) is 2.67. The van der Waals surface area contributed by atoms with Gasteiger partial charge < -0.3 is 10.4 Å². The molecule has 1 aromatic heterocycles. The van der Waals surface area contributed by atoms with E-state index < -0.39 is 23.6 Å². The Balaban J connectivity index is 2.10. The lowest BCUT2D eigenvalue weighted by Gasteiger charge is -2.08. The van der Waals surface area contributed by atoms with E-state index in [1.807, 2.05) is 13.8 Å². The number of nitrogens with one attached hydrogen (secondary N) is 2. The highest BCUT2D eigenvalue weighted by Gasteiger charge is 2.22. The van der Waals surface area contributed by atoms with Crippen molar-refractivity contribution in [3.63, 3.8) is 0 Å². The number of carbonyl (C=O) groups excluding carboxylic acids is 1. The van der Waals surface area contributed by atoms with Crippen LogP contribution in [0.15, 0.2) is 23.2 Å². The summed E-state index contributed by atoms with van der Waals surface area (Å²) in [5.41, 5.74) is 0.0761. The number of urea groups is 1. The third-order valence-corrected chi connectivity index (χ3v) is 5.05. The number of aromatic carboxylic acids is 1. The number of hydrogen-bond donors (Lipinski definition) is 3. The van der Waals surface area contributed by atoms with Crippen molar-refractivity contribution in [1.82, 2.24) is 9.69 Å². The number of hydrogen-bond acceptors (Lipinski definition) is 5. The maximum atomic E-state index is 13.7. The summed E-state index contributed by atoms with van der Waals surface area (Å²) in [6.07, 6.45) is 0. The van der Waals surface area contributed by atoms with Crippen molar-refractivity contribution in [3.8, 4) is 0 Å². The van der Waals surface area contributed by atoms with Crippen molar-refractivity contribution in [1.29, 1.82) is 0 Å². The van der Waals surface area contributed by atoms with Crippen LogP contribution in [0.2, 0.25) is 0 Å². The Labute approximate surface area is 157 Å². The van der Waals surface area contributed by atoms with Crippen molar-refractivity contribution in [2.24, 2.45) is 5.92 Å². The van der Waals surface area contributed by atoms with Gasteiger partial charge in [0, 0.05) is 18.4 Å². The topological polar surface area (TPSA) is 91.3 Å². The third kappa shape index (κ3) is 5.40. The van der Waals surface area contributed by atoms with Gasteiger partial charge in [0.1, 0.15) is 27.2 Å². The van der Waals surface area contributed by atoms with Crippen LogP contribution in [0.4, 0.5) is 18.6 Å². The predicted molar refractivity (Wildman–Crippen MR) is 96.9 cm³/mol. The van der Waals surface area contributed by atoms with Crippen LogP contribution in [0.1, 0.15) is 29.8 Å². The Kier molecular flexibility index (Phi) is 6.92. The van der Waals surface area contributed by atoms with E-state index in [1.54, 1.807) is 0 Å². The van der Waals surface area contributed by atoms with E-state index >= 15 is 0 Å². The van der Waals surface area contributed by atoms with Crippen LogP contribution in [0.3, 0.4) is 0 Å². The van der Waals surface area contributed by atoms with Gasteiger partial charge in [-0.1, -0.05) is 31.7 Å². The van der Waals surface area contributed by atoms with E-state index in [4.69, 9.17) is 0 Å². The number of carboxylic acid groups (broad SMARTS) is 1. The van der Waals surface area contributed by atoms with Crippen molar-refractivity contribution < 1.29 is 23.5 Å². The molecule has 140 valence electrons. The summed E-state index contributed by atoms with van der Waals surface area (Å²) in [5.74, 6) is -2.32.